The molecule has 0 aromatic heterocycles. The number of hydrogen-bond donors (Lipinski definition) is 2. The van der Waals surface area contributed by atoms with E-state index in [1.54, 1.807) is 13.8 Å². The average Bonchev–Trinajstić information content (AvgIpc) is 2.22. The van der Waals surface area contributed by atoms with Gasteiger partial charge >= 0.3 is 0 Å². The van der Waals surface area contributed by atoms with Crippen LogP contribution >= 0.6 is 7.37 Å². The molecule has 2 N–H and O–H groups in total. The van der Waals surface area contributed by atoms with E-state index in [1.807, 2.05) is 0 Å². The Bertz CT molecular complexity index is 253. The molecule has 2 unspecified atom stereocenters. The Hall–Kier alpha value is -0.340. The molecule has 4 nitrogen and oxygen atoms in total. The van der Waals surface area contributed by atoms with Gasteiger partial charge in [-0.05, 0) is 20.3 Å². The fourth-order valence-electron chi connectivity index (χ4n) is 1.33. The van der Waals surface area contributed by atoms with Crippen molar-refractivity contribution in [1.29, 1.82) is 0 Å². The summed E-state index contributed by atoms with van der Waals surface area (Å²) in [5, 5.41) is 11.5. The first-order valence-electron chi connectivity index (χ1n) is 5.45. The van der Waals surface area contributed by atoms with Crippen LogP contribution in [0.15, 0.2) is 5.16 Å². The maximum absolute atomic E-state index is 11.8. The Labute approximate surface area is 91.8 Å². The van der Waals surface area contributed by atoms with Crippen molar-refractivity contribution >= 4 is 13.1 Å². The first-order chi connectivity index (χ1) is 6.95. The van der Waals surface area contributed by atoms with Gasteiger partial charge < -0.3 is 10.1 Å². The Balaban J connectivity index is 4.12. The van der Waals surface area contributed by atoms with Crippen LogP contribution in [0.25, 0.3) is 0 Å². The van der Waals surface area contributed by atoms with E-state index in [-0.39, 0.29) is 0 Å². The molecule has 0 aromatic carbocycles. The molecule has 0 spiro atoms. The van der Waals surface area contributed by atoms with Crippen LogP contribution in [-0.4, -0.2) is 27.6 Å². The average molecular weight is 235 g/mol. The van der Waals surface area contributed by atoms with Gasteiger partial charge in [0.05, 0.1) is 11.4 Å². The highest BCUT2D eigenvalue weighted by Crippen LogP contribution is 2.47. The fraction of sp³-hybridized carbons (Fsp3) is 0.900. The summed E-state index contributed by atoms with van der Waals surface area (Å²) >= 11 is 0. The molecule has 15 heavy (non-hydrogen) atoms. The van der Waals surface area contributed by atoms with E-state index in [0.717, 1.165) is 25.7 Å². The second-order valence-corrected chi connectivity index (χ2v) is 6.69. The van der Waals surface area contributed by atoms with E-state index < -0.39 is 13.0 Å². The Morgan fingerprint density at radius 2 is 2.00 bits per heavy atom. The van der Waals surface area contributed by atoms with Gasteiger partial charge in [0.15, 0.2) is 0 Å². The third kappa shape index (κ3) is 5.33. The van der Waals surface area contributed by atoms with Gasteiger partial charge in [0.1, 0.15) is 0 Å². The number of hydrogen-bond acceptors (Lipinski definition) is 3. The lowest BCUT2D eigenvalue weighted by Crippen LogP contribution is -2.16. The molecular formula is C10H22NO3P. The number of unbranched alkanes of at least 4 members (excludes halogenated alkanes) is 3. The Morgan fingerprint density at radius 1 is 1.40 bits per heavy atom. The number of rotatable bonds is 7. The molecule has 0 radical (unpaired) electrons. The summed E-state index contributed by atoms with van der Waals surface area (Å²) in [6.07, 6.45) is 4.29. The van der Waals surface area contributed by atoms with Crippen LogP contribution in [0, 0.1) is 0 Å². The zero-order valence-corrected chi connectivity index (χ0v) is 10.7. The minimum Gasteiger partial charge on any atom is -0.411 e. The van der Waals surface area contributed by atoms with Gasteiger partial charge in [-0.1, -0.05) is 31.3 Å². The second kappa shape index (κ2) is 7.02. The van der Waals surface area contributed by atoms with Crippen LogP contribution in [-0.2, 0) is 4.57 Å². The van der Waals surface area contributed by atoms with Crippen molar-refractivity contribution in [3.8, 4) is 0 Å². The molecule has 0 bridgehead atoms. The van der Waals surface area contributed by atoms with Crippen LogP contribution in [0.2, 0.25) is 0 Å². The van der Waals surface area contributed by atoms with Crippen molar-refractivity contribution < 1.29 is 14.7 Å². The third-order valence-electron chi connectivity index (χ3n) is 2.70. The van der Waals surface area contributed by atoms with Gasteiger partial charge in [-0.3, -0.25) is 4.57 Å². The van der Waals surface area contributed by atoms with E-state index in [0.29, 0.717) is 11.9 Å². The van der Waals surface area contributed by atoms with E-state index in [2.05, 4.69) is 12.1 Å². The quantitative estimate of drug-likeness (QED) is 0.234. The summed E-state index contributed by atoms with van der Waals surface area (Å²) in [5.74, 6) is 0. The largest absolute Gasteiger partial charge is 0.411 e. The van der Waals surface area contributed by atoms with Crippen molar-refractivity contribution in [2.45, 2.75) is 52.1 Å². The van der Waals surface area contributed by atoms with E-state index in [1.165, 1.54) is 0 Å². The Kier molecular flexibility index (Phi) is 6.86. The molecule has 0 aliphatic carbocycles. The topological polar surface area (TPSA) is 69.9 Å². The molecule has 90 valence electrons. The molecule has 5 heteroatoms. The van der Waals surface area contributed by atoms with E-state index in [4.69, 9.17) is 5.21 Å². The lowest BCUT2D eigenvalue weighted by atomic mass is 10.2. The van der Waals surface area contributed by atoms with E-state index in [9.17, 15) is 9.46 Å². The molecule has 0 aliphatic heterocycles. The first-order valence-corrected chi connectivity index (χ1v) is 7.37. The third-order valence-corrected chi connectivity index (χ3v) is 5.24. The van der Waals surface area contributed by atoms with Gasteiger partial charge in [-0.15, -0.1) is 0 Å². The molecular weight excluding hydrogens is 213 g/mol. The molecule has 0 fully saturated rings. The zero-order chi connectivity index (χ0) is 11.9. The van der Waals surface area contributed by atoms with Gasteiger partial charge in [0.25, 0.3) is 0 Å². The first kappa shape index (κ1) is 14.7. The van der Waals surface area contributed by atoms with Crippen molar-refractivity contribution in [3.63, 3.8) is 0 Å². The summed E-state index contributed by atoms with van der Waals surface area (Å²) in [7, 11) is -3.19. The van der Waals surface area contributed by atoms with E-state index >= 15 is 0 Å². The lowest BCUT2D eigenvalue weighted by molar-refractivity contribution is 0.317. The van der Waals surface area contributed by atoms with Crippen molar-refractivity contribution in [1.82, 2.24) is 0 Å². The highest BCUT2D eigenvalue weighted by molar-refractivity contribution is 7.59. The summed E-state index contributed by atoms with van der Waals surface area (Å²) in [6.45, 7) is 5.30. The molecule has 0 saturated heterocycles. The summed E-state index contributed by atoms with van der Waals surface area (Å²) in [6, 6.07) is 0. The standard InChI is InChI=1S/C10H22NO3P/c1-4-5-6-7-8-15(13,14)10(3)9(2)11-12/h10,12H,4-8H2,1-3H3,(H,13,14). The molecule has 0 amide bonds. The maximum atomic E-state index is 11.8. The minimum absolute atomic E-state index is 0.320. The molecule has 0 aliphatic rings. The minimum atomic E-state index is -3.19. The second-order valence-electron chi connectivity index (χ2n) is 3.96. The predicted molar refractivity (Wildman–Crippen MR) is 63.2 cm³/mol. The molecule has 0 rings (SSSR count). The van der Waals surface area contributed by atoms with Crippen LogP contribution < -0.4 is 0 Å². The normalized spacial score (nSPS) is 18.5. The summed E-state index contributed by atoms with van der Waals surface area (Å²) in [4.78, 5) is 9.75. The van der Waals surface area contributed by atoms with Crippen molar-refractivity contribution in [2.75, 3.05) is 6.16 Å². The molecule has 0 aromatic rings. The summed E-state index contributed by atoms with van der Waals surface area (Å²) < 4.78 is 11.8. The molecule has 2 atom stereocenters. The van der Waals surface area contributed by atoms with Gasteiger partial charge in [0.2, 0.25) is 7.37 Å². The lowest BCUT2D eigenvalue weighted by Gasteiger charge is -2.18. The van der Waals surface area contributed by atoms with Crippen LogP contribution in [0.3, 0.4) is 0 Å². The van der Waals surface area contributed by atoms with Gasteiger partial charge in [-0.2, -0.15) is 0 Å². The fourth-order valence-corrected chi connectivity index (χ4v) is 3.03. The van der Waals surface area contributed by atoms with Crippen LogP contribution in [0.4, 0.5) is 0 Å². The Morgan fingerprint density at radius 3 is 2.47 bits per heavy atom. The summed E-state index contributed by atoms with van der Waals surface area (Å²) in [5.41, 5.74) is -0.208. The van der Waals surface area contributed by atoms with Gasteiger partial charge in [0, 0.05) is 6.16 Å². The molecule has 0 heterocycles. The number of nitrogens with zero attached hydrogens (tertiary/aromatic N) is 1. The van der Waals surface area contributed by atoms with Crippen LogP contribution in [0.5, 0.6) is 0 Å². The highest BCUT2D eigenvalue weighted by atomic mass is 31.2. The smallest absolute Gasteiger partial charge is 0.208 e. The predicted octanol–water partition coefficient (Wildman–Crippen LogP) is 3.08. The SMILES string of the molecule is CCCCCCP(=O)(O)C(C)C(C)=NO. The van der Waals surface area contributed by atoms with Crippen molar-refractivity contribution in [3.05, 3.63) is 0 Å². The highest BCUT2D eigenvalue weighted by Gasteiger charge is 2.28. The van der Waals surface area contributed by atoms with Crippen LogP contribution in [0.1, 0.15) is 46.5 Å². The van der Waals surface area contributed by atoms with Gasteiger partial charge in [-0.25, -0.2) is 0 Å². The molecule has 0 saturated carbocycles. The number of oxime groups is 1. The maximum Gasteiger partial charge on any atom is 0.208 e. The zero-order valence-electron chi connectivity index (χ0n) is 9.81. The van der Waals surface area contributed by atoms with Crippen molar-refractivity contribution in [2.24, 2.45) is 5.16 Å². The monoisotopic (exact) mass is 235 g/mol.